The van der Waals surface area contributed by atoms with Gasteiger partial charge in [-0.2, -0.15) is 0 Å². The molecule has 1 aliphatic heterocycles. The van der Waals surface area contributed by atoms with Crippen molar-refractivity contribution in [2.75, 3.05) is 26.0 Å². The molecule has 0 atom stereocenters. The predicted molar refractivity (Wildman–Crippen MR) is 70.7 cm³/mol. The highest BCUT2D eigenvalue weighted by molar-refractivity contribution is 5.95. The Bertz CT molecular complexity index is 500. The maximum Gasteiger partial charge on any atom is 0.262 e. The maximum absolute atomic E-state index is 11.5. The highest BCUT2D eigenvalue weighted by Crippen LogP contribution is 2.28. The van der Waals surface area contributed by atoms with Gasteiger partial charge < -0.3 is 10.1 Å². The Balaban J connectivity index is 1.96. The number of ether oxygens (including phenoxy) is 1. The van der Waals surface area contributed by atoms with Gasteiger partial charge in [0.1, 0.15) is 5.75 Å². The monoisotopic (exact) mass is 263 g/mol. The number of hydrogen-bond donors (Lipinski definition) is 2. The first-order valence-corrected chi connectivity index (χ1v) is 6.07. The van der Waals surface area contributed by atoms with Crippen LogP contribution in [-0.2, 0) is 16.0 Å². The molecule has 2 amide bonds. The second-order valence-corrected chi connectivity index (χ2v) is 4.60. The molecule has 0 fully saturated rings. The molecule has 0 saturated heterocycles. The van der Waals surface area contributed by atoms with Crippen molar-refractivity contribution < 1.29 is 14.3 Å². The highest BCUT2D eigenvalue weighted by Gasteiger charge is 2.16. The van der Waals surface area contributed by atoms with Crippen LogP contribution in [0.5, 0.6) is 5.75 Å². The number of aryl methyl sites for hydroxylation is 1. The Morgan fingerprint density at radius 2 is 2.26 bits per heavy atom. The SMILES string of the molecule is CN(C)NC(=O)CCc1ccc2c(c1)NC(=O)CO2. The normalized spacial score (nSPS) is 13.5. The molecule has 19 heavy (non-hydrogen) atoms. The smallest absolute Gasteiger partial charge is 0.262 e. The van der Waals surface area contributed by atoms with Gasteiger partial charge in [-0.1, -0.05) is 6.07 Å². The van der Waals surface area contributed by atoms with Gasteiger partial charge in [0.05, 0.1) is 5.69 Å². The van der Waals surface area contributed by atoms with Gasteiger partial charge in [0.15, 0.2) is 6.61 Å². The van der Waals surface area contributed by atoms with E-state index < -0.39 is 0 Å². The first-order valence-electron chi connectivity index (χ1n) is 6.07. The first-order chi connectivity index (χ1) is 9.04. The van der Waals surface area contributed by atoms with Crippen LogP contribution in [0.4, 0.5) is 5.69 Å². The highest BCUT2D eigenvalue weighted by atomic mass is 16.5. The van der Waals surface area contributed by atoms with Crippen LogP contribution < -0.4 is 15.5 Å². The number of rotatable bonds is 4. The first kappa shape index (κ1) is 13.4. The second kappa shape index (κ2) is 5.71. The van der Waals surface area contributed by atoms with E-state index in [0.29, 0.717) is 24.3 Å². The van der Waals surface area contributed by atoms with Crippen LogP contribution in [0, 0.1) is 0 Å². The molecule has 2 rings (SSSR count). The zero-order valence-electron chi connectivity index (χ0n) is 11.0. The Morgan fingerprint density at radius 3 is 3.00 bits per heavy atom. The molecule has 6 heteroatoms. The van der Waals surface area contributed by atoms with E-state index in [0.717, 1.165) is 5.56 Å². The molecule has 1 heterocycles. The Hall–Kier alpha value is -2.08. The molecule has 2 N–H and O–H groups in total. The summed E-state index contributed by atoms with van der Waals surface area (Å²) in [6, 6.07) is 5.56. The van der Waals surface area contributed by atoms with Gasteiger partial charge in [0, 0.05) is 20.5 Å². The molecule has 1 aliphatic rings. The van der Waals surface area contributed by atoms with Crippen molar-refractivity contribution >= 4 is 17.5 Å². The molecular weight excluding hydrogens is 246 g/mol. The van der Waals surface area contributed by atoms with Crippen LogP contribution in [0.1, 0.15) is 12.0 Å². The average molecular weight is 263 g/mol. The molecule has 6 nitrogen and oxygen atoms in total. The lowest BCUT2D eigenvalue weighted by atomic mass is 10.1. The number of nitrogens with zero attached hydrogens (tertiary/aromatic N) is 1. The summed E-state index contributed by atoms with van der Waals surface area (Å²) >= 11 is 0. The summed E-state index contributed by atoms with van der Waals surface area (Å²) in [5.41, 5.74) is 4.34. The Kier molecular flexibility index (Phi) is 4.01. The van der Waals surface area contributed by atoms with E-state index in [1.54, 1.807) is 19.1 Å². The van der Waals surface area contributed by atoms with Crippen LogP contribution in [0.3, 0.4) is 0 Å². The molecule has 1 aromatic carbocycles. The number of carbonyl (C=O) groups is 2. The fourth-order valence-corrected chi connectivity index (χ4v) is 1.85. The quantitative estimate of drug-likeness (QED) is 0.778. The second-order valence-electron chi connectivity index (χ2n) is 4.60. The molecule has 0 saturated carbocycles. The summed E-state index contributed by atoms with van der Waals surface area (Å²) in [5.74, 6) is 0.471. The summed E-state index contributed by atoms with van der Waals surface area (Å²) in [4.78, 5) is 22.7. The van der Waals surface area contributed by atoms with Gasteiger partial charge in [-0.25, -0.2) is 5.01 Å². The summed E-state index contributed by atoms with van der Waals surface area (Å²) < 4.78 is 5.27. The third-order valence-corrected chi connectivity index (χ3v) is 2.67. The van der Waals surface area contributed by atoms with Gasteiger partial charge in [0.25, 0.3) is 5.91 Å². The van der Waals surface area contributed by atoms with E-state index in [1.807, 2.05) is 18.2 Å². The third-order valence-electron chi connectivity index (χ3n) is 2.67. The summed E-state index contributed by atoms with van der Waals surface area (Å²) in [7, 11) is 3.54. The van der Waals surface area contributed by atoms with Gasteiger partial charge in [-0.15, -0.1) is 0 Å². The largest absolute Gasteiger partial charge is 0.482 e. The number of fused-ring (bicyclic) bond motifs is 1. The maximum atomic E-state index is 11.5. The van der Waals surface area contributed by atoms with E-state index >= 15 is 0 Å². The number of carbonyl (C=O) groups excluding carboxylic acids is 2. The number of amides is 2. The molecule has 0 aliphatic carbocycles. The van der Waals surface area contributed by atoms with Gasteiger partial charge in [-0.3, -0.25) is 15.0 Å². The fraction of sp³-hybridized carbons (Fsp3) is 0.385. The van der Waals surface area contributed by atoms with Crippen LogP contribution in [0.15, 0.2) is 18.2 Å². The molecular formula is C13H17N3O3. The van der Waals surface area contributed by atoms with Crippen molar-refractivity contribution in [3.8, 4) is 5.75 Å². The minimum atomic E-state index is -0.157. The fourth-order valence-electron chi connectivity index (χ4n) is 1.85. The van der Waals surface area contributed by atoms with Crippen molar-refractivity contribution in [1.82, 2.24) is 10.4 Å². The van der Waals surface area contributed by atoms with Crippen LogP contribution in [0.25, 0.3) is 0 Å². The lowest BCUT2D eigenvalue weighted by Gasteiger charge is -2.18. The minimum Gasteiger partial charge on any atom is -0.482 e. The van der Waals surface area contributed by atoms with Crippen molar-refractivity contribution in [3.05, 3.63) is 23.8 Å². The van der Waals surface area contributed by atoms with E-state index in [-0.39, 0.29) is 18.4 Å². The average Bonchev–Trinajstić information content (AvgIpc) is 2.35. The van der Waals surface area contributed by atoms with E-state index in [9.17, 15) is 9.59 Å². The number of anilines is 1. The Labute approximate surface area is 111 Å². The van der Waals surface area contributed by atoms with E-state index in [4.69, 9.17) is 4.74 Å². The van der Waals surface area contributed by atoms with Gasteiger partial charge >= 0.3 is 0 Å². The number of hydrogen-bond acceptors (Lipinski definition) is 4. The van der Waals surface area contributed by atoms with Crippen molar-refractivity contribution in [1.29, 1.82) is 0 Å². The Morgan fingerprint density at radius 1 is 1.47 bits per heavy atom. The lowest BCUT2D eigenvalue weighted by Crippen LogP contribution is -2.36. The van der Waals surface area contributed by atoms with Crippen LogP contribution >= 0.6 is 0 Å². The van der Waals surface area contributed by atoms with E-state index in [2.05, 4.69) is 10.7 Å². The molecule has 102 valence electrons. The predicted octanol–water partition coefficient (Wildman–Crippen LogP) is 0.543. The standard InChI is InChI=1S/C13H17N3O3/c1-16(2)15-12(17)6-4-9-3-5-11-10(7-9)14-13(18)8-19-11/h3,5,7H,4,6,8H2,1-2H3,(H,14,18)(H,15,17). The molecule has 1 aromatic rings. The van der Waals surface area contributed by atoms with Crippen molar-refractivity contribution in [2.45, 2.75) is 12.8 Å². The van der Waals surface area contributed by atoms with Crippen LogP contribution in [-0.4, -0.2) is 37.5 Å². The molecule has 0 spiro atoms. The lowest BCUT2D eigenvalue weighted by molar-refractivity contribution is -0.124. The molecule has 0 radical (unpaired) electrons. The van der Waals surface area contributed by atoms with Gasteiger partial charge in [0.2, 0.25) is 5.91 Å². The van der Waals surface area contributed by atoms with Gasteiger partial charge in [-0.05, 0) is 24.1 Å². The third kappa shape index (κ3) is 3.69. The minimum absolute atomic E-state index is 0.0389. The molecule has 0 bridgehead atoms. The number of benzene rings is 1. The molecule has 0 aromatic heterocycles. The number of hydrazine groups is 1. The zero-order valence-corrected chi connectivity index (χ0v) is 11.0. The number of nitrogens with one attached hydrogen (secondary N) is 2. The van der Waals surface area contributed by atoms with Crippen molar-refractivity contribution in [3.63, 3.8) is 0 Å². The molecule has 0 unspecified atom stereocenters. The summed E-state index contributed by atoms with van der Waals surface area (Å²) in [6.07, 6.45) is 1.01. The summed E-state index contributed by atoms with van der Waals surface area (Å²) in [6.45, 7) is 0.0532. The van der Waals surface area contributed by atoms with Crippen LogP contribution in [0.2, 0.25) is 0 Å². The topological polar surface area (TPSA) is 70.7 Å². The van der Waals surface area contributed by atoms with Crippen molar-refractivity contribution in [2.24, 2.45) is 0 Å². The van der Waals surface area contributed by atoms with E-state index in [1.165, 1.54) is 0 Å². The zero-order chi connectivity index (χ0) is 13.8. The summed E-state index contributed by atoms with van der Waals surface area (Å²) in [5, 5.41) is 4.36.